The molecule has 0 aliphatic heterocycles. The number of esters is 1. The molecule has 2 atom stereocenters. The number of carbonyl (C=O) groups excluding carboxylic acids is 1. The van der Waals surface area contributed by atoms with Gasteiger partial charge in [-0.3, -0.25) is 0 Å². The molecule has 1 aromatic rings. The van der Waals surface area contributed by atoms with E-state index in [0.717, 1.165) is 11.1 Å². The van der Waals surface area contributed by atoms with Gasteiger partial charge in [0.15, 0.2) is 5.60 Å². The molecule has 2 unspecified atom stereocenters. The third-order valence-corrected chi connectivity index (χ3v) is 3.54. The second-order valence-corrected chi connectivity index (χ2v) is 4.58. The van der Waals surface area contributed by atoms with E-state index in [0.29, 0.717) is 6.42 Å². The smallest absolute Gasteiger partial charge is 0.338 e. The molecule has 0 aliphatic carbocycles. The molecule has 100 valence electrons. The number of carbonyl (C=O) groups is 1. The minimum absolute atomic E-state index is 0.279. The van der Waals surface area contributed by atoms with Gasteiger partial charge in [-0.15, -0.1) is 0 Å². The molecular formula is C15H22O3. The lowest BCUT2D eigenvalue weighted by atomic mass is 9.80. The maximum atomic E-state index is 11.9. The van der Waals surface area contributed by atoms with Crippen LogP contribution in [0, 0.1) is 6.92 Å². The van der Waals surface area contributed by atoms with Gasteiger partial charge < -0.3 is 9.84 Å². The fourth-order valence-corrected chi connectivity index (χ4v) is 2.21. The summed E-state index contributed by atoms with van der Waals surface area (Å²) in [6, 6.07) is 7.79. The van der Waals surface area contributed by atoms with Gasteiger partial charge in [0.25, 0.3) is 0 Å². The zero-order valence-corrected chi connectivity index (χ0v) is 11.6. The summed E-state index contributed by atoms with van der Waals surface area (Å²) in [5.41, 5.74) is 0.596. The number of rotatable bonds is 5. The van der Waals surface area contributed by atoms with E-state index in [1.54, 1.807) is 13.8 Å². The molecule has 3 heteroatoms. The number of ether oxygens (including phenoxy) is 1. The second-order valence-electron chi connectivity index (χ2n) is 4.58. The molecule has 1 rings (SSSR count). The van der Waals surface area contributed by atoms with Crippen LogP contribution in [0.25, 0.3) is 0 Å². The Kier molecular flexibility index (Phi) is 4.91. The van der Waals surface area contributed by atoms with Gasteiger partial charge in [-0.05, 0) is 31.4 Å². The van der Waals surface area contributed by atoms with Crippen LogP contribution in [0.2, 0.25) is 0 Å². The quantitative estimate of drug-likeness (QED) is 0.817. The van der Waals surface area contributed by atoms with Crippen molar-refractivity contribution in [2.24, 2.45) is 0 Å². The van der Waals surface area contributed by atoms with Crippen molar-refractivity contribution in [3.05, 3.63) is 35.4 Å². The zero-order chi connectivity index (χ0) is 13.8. The Labute approximate surface area is 109 Å². The summed E-state index contributed by atoms with van der Waals surface area (Å²) in [5.74, 6) is -0.828. The highest BCUT2D eigenvalue weighted by molar-refractivity contribution is 5.80. The Morgan fingerprint density at radius 3 is 2.50 bits per heavy atom. The number of hydrogen-bond donors (Lipinski definition) is 1. The topological polar surface area (TPSA) is 46.5 Å². The molecule has 0 bridgehead atoms. The molecular weight excluding hydrogens is 228 g/mol. The van der Waals surface area contributed by atoms with E-state index in [9.17, 15) is 9.90 Å². The number of aliphatic hydroxyl groups is 1. The van der Waals surface area contributed by atoms with Gasteiger partial charge in [0, 0.05) is 5.92 Å². The van der Waals surface area contributed by atoms with E-state index in [-0.39, 0.29) is 12.5 Å². The van der Waals surface area contributed by atoms with Gasteiger partial charge in [-0.25, -0.2) is 4.79 Å². The Morgan fingerprint density at radius 2 is 2.00 bits per heavy atom. The van der Waals surface area contributed by atoms with Crippen LogP contribution in [0.15, 0.2) is 24.3 Å². The van der Waals surface area contributed by atoms with Gasteiger partial charge in [0.05, 0.1) is 6.61 Å². The van der Waals surface area contributed by atoms with Crippen molar-refractivity contribution in [1.82, 2.24) is 0 Å². The minimum Gasteiger partial charge on any atom is -0.464 e. The summed E-state index contributed by atoms with van der Waals surface area (Å²) in [7, 11) is 0. The molecule has 0 aromatic heterocycles. The Bertz CT molecular complexity index is 414. The molecule has 0 heterocycles. The summed E-state index contributed by atoms with van der Waals surface area (Å²) in [6.45, 7) is 7.66. The molecule has 1 N–H and O–H groups in total. The molecule has 3 nitrogen and oxygen atoms in total. The van der Waals surface area contributed by atoms with Crippen molar-refractivity contribution in [3.63, 3.8) is 0 Å². The maximum absolute atomic E-state index is 11.9. The van der Waals surface area contributed by atoms with Crippen LogP contribution >= 0.6 is 0 Å². The van der Waals surface area contributed by atoms with Crippen LogP contribution in [-0.4, -0.2) is 23.3 Å². The number of aryl methyl sites for hydroxylation is 1. The van der Waals surface area contributed by atoms with Crippen LogP contribution in [0.5, 0.6) is 0 Å². The molecule has 0 saturated heterocycles. The Balaban J connectivity index is 3.09. The highest BCUT2D eigenvalue weighted by Crippen LogP contribution is 2.33. The lowest BCUT2D eigenvalue weighted by Gasteiger charge is -2.31. The van der Waals surface area contributed by atoms with Gasteiger partial charge in [-0.2, -0.15) is 0 Å². The second kappa shape index (κ2) is 6.01. The van der Waals surface area contributed by atoms with Crippen molar-refractivity contribution >= 4 is 5.97 Å². The monoisotopic (exact) mass is 250 g/mol. The van der Waals surface area contributed by atoms with Crippen molar-refractivity contribution < 1.29 is 14.6 Å². The molecule has 0 amide bonds. The molecule has 0 aliphatic rings. The number of hydrogen-bond acceptors (Lipinski definition) is 3. The average molecular weight is 250 g/mol. The highest BCUT2D eigenvalue weighted by Gasteiger charge is 2.42. The highest BCUT2D eigenvalue weighted by atomic mass is 16.5. The van der Waals surface area contributed by atoms with Gasteiger partial charge in [0.2, 0.25) is 0 Å². The van der Waals surface area contributed by atoms with Crippen LogP contribution in [-0.2, 0) is 9.53 Å². The van der Waals surface area contributed by atoms with Crippen molar-refractivity contribution in [1.29, 1.82) is 0 Å². The predicted octanol–water partition coefficient (Wildman–Crippen LogP) is 2.80. The van der Waals surface area contributed by atoms with E-state index in [2.05, 4.69) is 0 Å². The molecule has 0 radical (unpaired) electrons. The first kappa shape index (κ1) is 14.7. The summed E-state index contributed by atoms with van der Waals surface area (Å²) >= 11 is 0. The van der Waals surface area contributed by atoms with Crippen LogP contribution in [0.3, 0.4) is 0 Å². The molecule has 0 spiro atoms. The predicted molar refractivity (Wildman–Crippen MR) is 71.5 cm³/mol. The van der Waals surface area contributed by atoms with E-state index in [4.69, 9.17) is 4.74 Å². The average Bonchev–Trinajstić information content (AvgIpc) is 2.37. The van der Waals surface area contributed by atoms with Gasteiger partial charge >= 0.3 is 5.97 Å². The van der Waals surface area contributed by atoms with Crippen LogP contribution in [0.4, 0.5) is 0 Å². The van der Waals surface area contributed by atoms with E-state index in [1.807, 2.05) is 38.1 Å². The Morgan fingerprint density at radius 1 is 1.39 bits per heavy atom. The third kappa shape index (κ3) is 2.72. The van der Waals surface area contributed by atoms with Crippen molar-refractivity contribution in [2.75, 3.05) is 6.61 Å². The normalized spacial score (nSPS) is 15.8. The van der Waals surface area contributed by atoms with Gasteiger partial charge in [0.1, 0.15) is 0 Å². The first-order valence-electron chi connectivity index (χ1n) is 6.42. The van der Waals surface area contributed by atoms with Crippen LogP contribution < -0.4 is 0 Å². The van der Waals surface area contributed by atoms with Crippen LogP contribution in [0.1, 0.15) is 44.2 Å². The largest absolute Gasteiger partial charge is 0.464 e. The minimum atomic E-state index is -1.46. The fourth-order valence-electron chi connectivity index (χ4n) is 2.21. The zero-order valence-electron chi connectivity index (χ0n) is 11.6. The summed E-state index contributed by atoms with van der Waals surface area (Å²) in [6.07, 6.45) is 0.335. The lowest BCUT2D eigenvalue weighted by molar-refractivity contribution is -0.167. The molecule has 0 saturated carbocycles. The standard InChI is InChI=1S/C15H22O3/c1-5-15(17,14(16)18-6-2)12(4)13-10-8-7-9-11(13)3/h7-10,12,17H,5-6H2,1-4H3. The summed E-state index contributed by atoms with van der Waals surface area (Å²) in [4.78, 5) is 11.9. The van der Waals surface area contributed by atoms with E-state index >= 15 is 0 Å². The van der Waals surface area contributed by atoms with E-state index < -0.39 is 11.6 Å². The van der Waals surface area contributed by atoms with Crippen molar-refractivity contribution in [3.8, 4) is 0 Å². The first-order valence-corrected chi connectivity index (χ1v) is 6.42. The SMILES string of the molecule is CCOC(=O)C(O)(CC)C(C)c1ccccc1C. The fraction of sp³-hybridized carbons (Fsp3) is 0.533. The molecule has 1 aromatic carbocycles. The lowest BCUT2D eigenvalue weighted by Crippen LogP contribution is -2.44. The summed E-state index contributed by atoms with van der Waals surface area (Å²) in [5, 5.41) is 10.6. The number of benzene rings is 1. The molecule has 0 fully saturated rings. The molecule has 18 heavy (non-hydrogen) atoms. The maximum Gasteiger partial charge on any atom is 0.338 e. The summed E-state index contributed by atoms with van der Waals surface area (Å²) < 4.78 is 4.99. The third-order valence-electron chi connectivity index (χ3n) is 3.54. The Hall–Kier alpha value is -1.35. The van der Waals surface area contributed by atoms with Crippen molar-refractivity contribution in [2.45, 2.75) is 45.6 Å². The first-order chi connectivity index (χ1) is 8.47. The van der Waals surface area contributed by atoms with Gasteiger partial charge in [-0.1, -0.05) is 38.1 Å². The van der Waals surface area contributed by atoms with E-state index in [1.165, 1.54) is 0 Å².